The van der Waals surface area contributed by atoms with Crippen LogP contribution in [0.15, 0.2) is 28.8 Å². The van der Waals surface area contributed by atoms with Crippen molar-refractivity contribution in [3.8, 4) is 11.4 Å². The van der Waals surface area contributed by atoms with E-state index in [9.17, 15) is 0 Å². The third kappa shape index (κ3) is 2.73. The smallest absolute Gasteiger partial charge is 0.223 e. The van der Waals surface area contributed by atoms with Crippen LogP contribution in [-0.4, -0.2) is 53.3 Å². The second-order valence-corrected chi connectivity index (χ2v) is 6.48. The van der Waals surface area contributed by atoms with Gasteiger partial charge in [0.25, 0.3) is 0 Å². The second-order valence-electron chi connectivity index (χ2n) is 6.48. The number of fused-ring (bicyclic) bond motifs is 1. The molecule has 6 nitrogen and oxygen atoms in total. The number of anilines is 1. The number of rotatable bonds is 2. The van der Waals surface area contributed by atoms with E-state index in [1.165, 1.54) is 5.56 Å². The van der Waals surface area contributed by atoms with Crippen molar-refractivity contribution in [3.05, 3.63) is 35.7 Å². The molecule has 1 aliphatic heterocycles. The SMILES string of the molecule is Cc1ccc2nc(N3CCN(C)CC3)c(-c3noc(C)n3)cc2c1. The summed E-state index contributed by atoms with van der Waals surface area (Å²) in [5.41, 5.74) is 3.15. The molecule has 0 N–H and O–H groups in total. The van der Waals surface area contributed by atoms with Crippen molar-refractivity contribution in [1.82, 2.24) is 20.0 Å². The molecule has 0 amide bonds. The Kier molecular flexibility index (Phi) is 3.69. The summed E-state index contributed by atoms with van der Waals surface area (Å²) in [6.45, 7) is 7.85. The molecule has 4 rings (SSSR count). The fourth-order valence-electron chi connectivity index (χ4n) is 3.12. The highest BCUT2D eigenvalue weighted by atomic mass is 16.5. The molecule has 1 fully saturated rings. The van der Waals surface area contributed by atoms with E-state index in [0.29, 0.717) is 11.7 Å². The predicted molar refractivity (Wildman–Crippen MR) is 94.2 cm³/mol. The zero-order chi connectivity index (χ0) is 16.7. The van der Waals surface area contributed by atoms with Crippen LogP contribution >= 0.6 is 0 Å². The lowest BCUT2D eigenvalue weighted by atomic mass is 10.1. The molecular formula is C18H21N5O. The zero-order valence-electron chi connectivity index (χ0n) is 14.3. The van der Waals surface area contributed by atoms with Crippen LogP contribution in [0.1, 0.15) is 11.5 Å². The average molecular weight is 323 g/mol. The molecule has 0 aliphatic carbocycles. The molecule has 0 spiro atoms. The van der Waals surface area contributed by atoms with E-state index in [-0.39, 0.29) is 0 Å². The van der Waals surface area contributed by atoms with E-state index in [1.54, 1.807) is 0 Å². The van der Waals surface area contributed by atoms with Crippen LogP contribution in [0.5, 0.6) is 0 Å². The average Bonchev–Trinajstić information content (AvgIpc) is 3.01. The van der Waals surface area contributed by atoms with Gasteiger partial charge in [-0.25, -0.2) is 4.98 Å². The highest BCUT2D eigenvalue weighted by molar-refractivity contribution is 5.88. The summed E-state index contributed by atoms with van der Waals surface area (Å²) in [5, 5.41) is 5.22. The Hall–Kier alpha value is -2.47. The van der Waals surface area contributed by atoms with E-state index < -0.39 is 0 Å². The van der Waals surface area contributed by atoms with Crippen molar-refractivity contribution < 1.29 is 4.52 Å². The predicted octanol–water partition coefficient (Wildman–Crippen LogP) is 2.65. The lowest BCUT2D eigenvalue weighted by Crippen LogP contribution is -2.45. The Bertz CT molecular complexity index is 880. The number of hydrogen-bond acceptors (Lipinski definition) is 6. The maximum Gasteiger partial charge on any atom is 0.223 e. The van der Waals surface area contributed by atoms with E-state index in [4.69, 9.17) is 9.51 Å². The fourth-order valence-corrected chi connectivity index (χ4v) is 3.12. The molecule has 1 aromatic carbocycles. The van der Waals surface area contributed by atoms with Crippen LogP contribution in [-0.2, 0) is 0 Å². The van der Waals surface area contributed by atoms with Gasteiger partial charge in [-0.2, -0.15) is 4.98 Å². The van der Waals surface area contributed by atoms with Crippen molar-refractivity contribution in [1.29, 1.82) is 0 Å². The quantitative estimate of drug-likeness (QED) is 0.722. The molecule has 3 aromatic rings. The van der Waals surface area contributed by atoms with Gasteiger partial charge in [0, 0.05) is 38.5 Å². The standard InChI is InChI=1S/C18H21N5O/c1-12-4-5-16-14(10-12)11-15(17-19-13(2)24-21-17)18(20-16)23-8-6-22(3)7-9-23/h4-5,10-11H,6-9H2,1-3H3. The monoisotopic (exact) mass is 323 g/mol. The molecule has 2 aromatic heterocycles. The number of aromatic nitrogens is 3. The minimum absolute atomic E-state index is 0.568. The largest absolute Gasteiger partial charge is 0.353 e. The Morgan fingerprint density at radius 3 is 2.50 bits per heavy atom. The number of benzene rings is 1. The minimum atomic E-state index is 0.568. The van der Waals surface area contributed by atoms with Crippen molar-refractivity contribution in [2.45, 2.75) is 13.8 Å². The molecule has 0 radical (unpaired) electrons. The summed E-state index contributed by atoms with van der Waals surface area (Å²) >= 11 is 0. The topological polar surface area (TPSA) is 58.3 Å². The van der Waals surface area contributed by atoms with Gasteiger partial charge in [0.15, 0.2) is 0 Å². The maximum absolute atomic E-state index is 5.20. The molecule has 3 heterocycles. The first-order valence-electron chi connectivity index (χ1n) is 8.26. The summed E-state index contributed by atoms with van der Waals surface area (Å²) < 4.78 is 5.20. The molecule has 0 bridgehead atoms. The number of pyridine rings is 1. The third-order valence-corrected chi connectivity index (χ3v) is 4.52. The number of hydrogen-bond donors (Lipinski definition) is 0. The van der Waals surface area contributed by atoms with Gasteiger partial charge < -0.3 is 14.3 Å². The van der Waals surface area contributed by atoms with E-state index >= 15 is 0 Å². The van der Waals surface area contributed by atoms with Crippen LogP contribution < -0.4 is 4.90 Å². The number of aryl methyl sites for hydroxylation is 2. The van der Waals surface area contributed by atoms with Crippen LogP contribution in [0, 0.1) is 13.8 Å². The van der Waals surface area contributed by atoms with Gasteiger partial charge in [-0.1, -0.05) is 16.8 Å². The van der Waals surface area contributed by atoms with Crippen LogP contribution in [0.2, 0.25) is 0 Å². The van der Waals surface area contributed by atoms with Crippen LogP contribution in [0.4, 0.5) is 5.82 Å². The summed E-state index contributed by atoms with van der Waals surface area (Å²) in [4.78, 5) is 14.0. The molecular weight excluding hydrogens is 302 g/mol. The molecule has 6 heteroatoms. The Morgan fingerprint density at radius 1 is 1.00 bits per heavy atom. The van der Waals surface area contributed by atoms with E-state index in [1.807, 2.05) is 6.92 Å². The molecule has 0 unspecified atom stereocenters. The van der Waals surface area contributed by atoms with Crippen molar-refractivity contribution in [2.24, 2.45) is 0 Å². The maximum atomic E-state index is 5.20. The van der Waals surface area contributed by atoms with Gasteiger partial charge in [-0.15, -0.1) is 0 Å². The Balaban J connectivity index is 1.87. The van der Waals surface area contributed by atoms with Crippen LogP contribution in [0.25, 0.3) is 22.3 Å². The first-order chi connectivity index (χ1) is 11.6. The lowest BCUT2D eigenvalue weighted by molar-refractivity contribution is 0.312. The highest BCUT2D eigenvalue weighted by Gasteiger charge is 2.22. The molecule has 0 atom stereocenters. The Morgan fingerprint density at radius 2 is 1.79 bits per heavy atom. The van der Waals surface area contributed by atoms with Crippen molar-refractivity contribution >= 4 is 16.7 Å². The summed E-state index contributed by atoms with van der Waals surface area (Å²) in [5.74, 6) is 2.12. The van der Waals surface area contributed by atoms with Gasteiger partial charge in [-0.05, 0) is 32.2 Å². The molecule has 1 aliphatic rings. The van der Waals surface area contributed by atoms with Crippen LogP contribution in [0.3, 0.4) is 0 Å². The number of likely N-dealkylation sites (N-methyl/N-ethyl adjacent to an activating group) is 1. The number of piperazine rings is 1. The van der Waals surface area contributed by atoms with Gasteiger partial charge in [0.05, 0.1) is 11.1 Å². The second kappa shape index (κ2) is 5.87. The summed E-state index contributed by atoms with van der Waals surface area (Å²) in [6.07, 6.45) is 0. The van der Waals surface area contributed by atoms with Crippen molar-refractivity contribution in [3.63, 3.8) is 0 Å². The molecule has 124 valence electrons. The van der Waals surface area contributed by atoms with Crippen molar-refractivity contribution in [2.75, 3.05) is 38.1 Å². The van der Waals surface area contributed by atoms with E-state index in [0.717, 1.165) is 48.5 Å². The summed E-state index contributed by atoms with van der Waals surface area (Å²) in [7, 11) is 2.15. The summed E-state index contributed by atoms with van der Waals surface area (Å²) in [6, 6.07) is 8.45. The highest BCUT2D eigenvalue weighted by Crippen LogP contribution is 2.31. The zero-order valence-corrected chi connectivity index (χ0v) is 14.3. The molecule has 0 saturated carbocycles. The van der Waals surface area contributed by atoms with E-state index in [2.05, 4.69) is 58.2 Å². The van der Waals surface area contributed by atoms with Gasteiger partial charge in [0.2, 0.25) is 11.7 Å². The first-order valence-corrected chi connectivity index (χ1v) is 8.26. The normalized spacial score (nSPS) is 16.0. The van der Waals surface area contributed by atoms with Gasteiger partial charge >= 0.3 is 0 Å². The lowest BCUT2D eigenvalue weighted by Gasteiger charge is -2.34. The third-order valence-electron chi connectivity index (χ3n) is 4.52. The Labute approximate surface area is 141 Å². The van der Waals surface area contributed by atoms with Gasteiger partial charge in [0.1, 0.15) is 5.82 Å². The molecule has 24 heavy (non-hydrogen) atoms. The van der Waals surface area contributed by atoms with Gasteiger partial charge in [-0.3, -0.25) is 0 Å². The first kappa shape index (κ1) is 15.1. The fraction of sp³-hybridized carbons (Fsp3) is 0.389. The number of nitrogens with zero attached hydrogens (tertiary/aromatic N) is 5. The molecule has 1 saturated heterocycles. The minimum Gasteiger partial charge on any atom is -0.353 e.